The largest absolute Gasteiger partial charge is 0.465 e. The molecule has 0 aromatic heterocycles. The first-order valence-corrected chi connectivity index (χ1v) is 23.4. The standard InChI is InChI=1S/C46H59NO12S2/c1-6-27(3)25-56-45(53)35(24-47)46-60-39-36(58-43(51)31-10-8-28(4)9-11-31)20-21-37(40(39)61-46)59-44(52)33-16-18-34(19-17-33)57-42(50)32-14-12-30(13-15-32)41(49)55-26-29(5)22-23-54-38(48)7-2/h7,20-21,27-34H,2,6,8-19,22-23,25-26H2,1,3-5H3/b46-35+/t27-,28?,29+,30?,31?,32?,33?,34?/m1/s1. The van der Waals surface area contributed by atoms with Crippen molar-refractivity contribution in [1.29, 1.82) is 5.26 Å². The molecule has 1 aromatic carbocycles. The second-order valence-corrected chi connectivity index (χ2v) is 19.3. The SMILES string of the molecule is C=CC(=O)OCC[C@H](C)COC(=O)C1CCC(C(=O)OC2CCC(C(=O)Oc3ccc(OC(=O)C4CCC(C)CC4)c4c3S/C(=C(\C#N)C(=O)OC[C@H](C)CC)S4)CC2)CC1. The lowest BCUT2D eigenvalue weighted by Gasteiger charge is -2.30. The predicted octanol–water partition coefficient (Wildman–Crippen LogP) is 9.05. The quantitative estimate of drug-likeness (QED) is 0.0475. The van der Waals surface area contributed by atoms with E-state index in [1.54, 1.807) is 12.1 Å². The third-order valence-electron chi connectivity index (χ3n) is 12.1. The van der Waals surface area contributed by atoms with Gasteiger partial charge >= 0.3 is 35.8 Å². The Kier molecular flexibility index (Phi) is 18.2. The zero-order valence-electron chi connectivity index (χ0n) is 35.7. The Morgan fingerprint density at radius 1 is 0.721 bits per heavy atom. The zero-order chi connectivity index (χ0) is 44.1. The van der Waals surface area contributed by atoms with E-state index in [4.69, 9.17) is 28.4 Å². The molecule has 3 fully saturated rings. The number of esters is 6. The second kappa shape index (κ2) is 23.2. The van der Waals surface area contributed by atoms with Crippen molar-refractivity contribution in [2.45, 2.75) is 133 Å². The highest BCUT2D eigenvalue weighted by molar-refractivity contribution is 8.24. The number of rotatable bonds is 17. The molecule has 0 saturated heterocycles. The van der Waals surface area contributed by atoms with Crippen LogP contribution in [0.1, 0.15) is 118 Å². The van der Waals surface area contributed by atoms with E-state index in [0.717, 1.165) is 61.7 Å². The van der Waals surface area contributed by atoms with Crippen molar-refractivity contribution in [3.63, 3.8) is 0 Å². The van der Waals surface area contributed by atoms with Crippen molar-refractivity contribution in [2.24, 2.45) is 41.4 Å². The summed E-state index contributed by atoms with van der Waals surface area (Å²) < 4.78 is 34.2. The molecule has 13 nitrogen and oxygen atoms in total. The third kappa shape index (κ3) is 13.6. The number of nitrogens with zero attached hydrogens (tertiary/aromatic N) is 1. The lowest BCUT2D eigenvalue weighted by Crippen LogP contribution is -2.33. The molecule has 3 aliphatic carbocycles. The molecule has 2 atom stereocenters. The smallest absolute Gasteiger partial charge is 0.350 e. The van der Waals surface area contributed by atoms with E-state index in [-0.39, 0.29) is 90.5 Å². The number of benzene rings is 1. The monoisotopic (exact) mass is 881 g/mol. The molecule has 0 bridgehead atoms. The van der Waals surface area contributed by atoms with Crippen LogP contribution in [0, 0.1) is 52.8 Å². The lowest BCUT2D eigenvalue weighted by molar-refractivity contribution is -0.161. The number of fused-ring (bicyclic) bond motifs is 1. The van der Waals surface area contributed by atoms with Crippen molar-refractivity contribution >= 4 is 59.3 Å². The molecular weight excluding hydrogens is 823 g/mol. The van der Waals surface area contributed by atoms with Crippen LogP contribution >= 0.6 is 23.5 Å². The first-order valence-electron chi connectivity index (χ1n) is 21.7. The number of hydrogen-bond acceptors (Lipinski definition) is 15. The number of carbonyl (C=O) groups is 6. The van der Waals surface area contributed by atoms with Crippen LogP contribution in [0.2, 0.25) is 0 Å². The molecule has 15 heteroatoms. The summed E-state index contributed by atoms with van der Waals surface area (Å²) in [5.74, 6) is -2.60. The van der Waals surface area contributed by atoms with Crippen LogP contribution in [0.4, 0.5) is 0 Å². The first kappa shape index (κ1) is 47.8. The highest BCUT2D eigenvalue weighted by atomic mass is 32.2. The number of hydrogen-bond donors (Lipinski definition) is 0. The average Bonchev–Trinajstić information content (AvgIpc) is 3.72. The average molecular weight is 882 g/mol. The minimum absolute atomic E-state index is 0.0234. The van der Waals surface area contributed by atoms with E-state index in [2.05, 4.69) is 13.5 Å². The highest BCUT2D eigenvalue weighted by Gasteiger charge is 2.37. The van der Waals surface area contributed by atoms with Gasteiger partial charge in [0.1, 0.15) is 23.7 Å². The van der Waals surface area contributed by atoms with E-state index >= 15 is 0 Å². The molecule has 0 amide bonds. The van der Waals surface area contributed by atoms with E-state index < -0.39 is 23.8 Å². The van der Waals surface area contributed by atoms with E-state index in [0.29, 0.717) is 77.7 Å². The lowest BCUT2D eigenvalue weighted by atomic mass is 9.82. The van der Waals surface area contributed by atoms with Gasteiger partial charge in [-0.1, -0.05) is 64.2 Å². The predicted molar refractivity (Wildman–Crippen MR) is 227 cm³/mol. The van der Waals surface area contributed by atoms with Crippen molar-refractivity contribution < 1.29 is 57.2 Å². The summed E-state index contributed by atoms with van der Waals surface area (Å²) in [4.78, 5) is 78.0. The number of nitriles is 1. The fourth-order valence-corrected chi connectivity index (χ4v) is 10.3. The maximum atomic E-state index is 13.6. The van der Waals surface area contributed by atoms with Gasteiger partial charge in [0.25, 0.3) is 0 Å². The highest BCUT2D eigenvalue weighted by Crippen LogP contribution is 2.59. The van der Waals surface area contributed by atoms with Crippen LogP contribution in [0.5, 0.6) is 11.5 Å². The molecule has 61 heavy (non-hydrogen) atoms. The summed E-state index contributed by atoms with van der Waals surface area (Å²) in [5, 5.41) is 10.0. The van der Waals surface area contributed by atoms with Crippen LogP contribution < -0.4 is 9.47 Å². The number of thioether (sulfide) groups is 2. The maximum absolute atomic E-state index is 13.6. The van der Waals surface area contributed by atoms with E-state index in [9.17, 15) is 34.0 Å². The minimum Gasteiger partial charge on any atom is -0.465 e. The molecule has 5 rings (SSSR count). The third-order valence-corrected chi connectivity index (χ3v) is 14.8. The van der Waals surface area contributed by atoms with Crippen LogP contribution in [0.25, 0.3) is 0 Å². The van der Waals surface area contributed by atoms with Gasteiger partial charge in [-0.2, -0.15) is 5.26 Å². The molecule has 0 N–H and O–H groups in total. The molecule has 1 aliphatic heterocycles. The van der Waals surface area contributed by atoms with Crippen molar-refractivity contribution in [3.05, 3.63) is 34.6 Å². The molecule has 0 unspecified atom stereocenters. The summed E-state index contributed by atoms with van der Waals surface area (Å²) in [5.41, 5.74) is -0.169. The Morgan fingerprint density at radius 3 is 1.74 bits per heavy atom. The fraction of sp³-hybridized carbons (Fsp3) is 0.630. The van der Waals surface area contributed by atoms with Crippen molar-refractivity contribution in [1.82, 2.24) is 0 Å². The fourth-order valence-electron chi connectivity index (χ4n) is 7.74. The van der Waals surface area contributed by atoms with E-state index in [1.807, 2.05) is 26.8 Å². The molecule has 0 spiro atoms. The minimum atomic E-state index is -0.742. The van der Waals surface area contributed by atoms with Gasteiger partial charge in [-0.05, 0) is 113 Å². The van der Waals surface area contributed by atoms with Crippen molar-refractivity contribution in [3.8, 4) is 17.6 Å². The zero-order valence-corrected chi connectivity index (χ0v) is 37.4. The van der Waals surface area contributed by atoms with Gasteiger partial charge in [0, 0.05) is 6.08 Å². The maximum Gasteiger partial charge on any atom is 0.350 e. The number of carbonyl (C=O) groups excluding carboxylic acids is 6. The van der Waals surface area contributed by atoms with Crippen molar-refractivity contribution in [2.75, 3.05) is 19.8 Å². The summed E-state index contributed by atoms with van der Waals surface area (Å²) in [6.45, 7) is 12.0. The van der Waals surface area contributed by atoms with Gasteiger partial charge in [-0.3, -0.25) is 19.2 Å². The van der Waals surface area contributed by atoms with Gasteiger partial charge in [0.15, 0.2) is 5.57 Å². The molecule has 4 aliphatic rings. The summed E-state index contributed by atoms with van der Waals surface area (Å²) in [6.07, 6.45) is 9.53. The van der Waals surface area contributed by atoms with Gasteiger partial charge in [-0.25, -0.2) is 9.59 Å². The van der Waals surface area contributed by atoms with Crippen LogP contribution in [-0.4, -0.2) is 61.7 Å². The molecule has 1 heterocycles. The van der Waals surface area contributed by atoms with E-state index in [1.165, 1.54) is 0 Å². The number of ether oxygens (including phenoxy) is 6. The molecule has 332 valence electrons. The molecular formula is C46H59NO12S2. The summed E-state index contributed by atoms with van der Waals surface area (Å²) in [7, 11) is 0. The topological polar surface area (TPSA) is 182 Å². The Morgan fingerprint density at radius 2 is 1.21 bits per heavy atom. The Bertz CT molecular complexity index is 1850. The Hall–Kier alpha value is -4.29. The van der Waals surface area contributed by atoms with Gasteiger partial charge in [0.2, 0.25) is 0 Å². The summed E-state index contributed by atoms with van der Waals surface area (Å²) >= 11 is 2.23. The van der Waals surface area contributed by atoms with Gasteiger partial charge in [-0.15, -0.1) is 0 Å². The van der Waals surface area contributed by atoms with Crippen LogP contribution in [-0.2, 0) is 47.7 Å². The molecule has 0 radical (unpaired) electrons. The van der Waals surface area contributed by atoms with Gasteiger partial charge < -0.3 is 28.4 Å². The second-order valence-electron chi connectivity index (χ2n) is 17.0. The Balaban J connectivity index is 1.13. The molecule has 1 aromatic rings. The first-order chi connectivity index (χ1) is 29.3. The summed E-state index contributed by atoms with van der Waals surface area (Å²) in [6, 6.07) is 5.17. The molecule has 3 saturated carbocycles. The van der Waals surface area contributed by atoms with Crippen LogP contribution in [0.3, 0.4) is 0 Å². The van der Waals surface area contributed by atoms with Crippen LogP contribution in [0.15, 0.2) is 44.4 Å². The normalized spacial score (nSPS) is 25.3. The van der Waals surface area contributed by atoms with Gasteiger partial charge in [0.05, 0.1) is 57.5 Å². The Labute approximate surface area is 367 Å².